The molecule has 1 aromatic rings. The maximum atomic E-state index is 10.5. The molecular weight excluding hydrogens is 248 g/mol. The lowest BCUT2D eigenvalue weighted by atomic mass is 9.99. The van der Waals surface area contributed by atoms with Gasteiger partial charge in [-0.25, -0.2) is 0 Å². The van der Waals surface area contributed by atoms with Crippen LogP contribution in [-0.2, 0) is 0 Å². The lowest BCUT2D eigenvalue weighted by molar-refractivity contribution is 0.0739. The van der Waals surface area contributed by atoms with E-state index in [4.69, 9.17) is 0 Å². The second-order valence-corrected chi connectivity index (χ2v) is 6.37. The van der Waals surface area contributed by atoms with Crippen molar-refractivity contribution in [2.24, 2.45) is 0 Å². The summed E-state index contributed by atoms with van der Waals surface area (Å²) in [6.07, 6.45) is 2.10. The monoisotopic (exact) mass is 276 g/mol. The number of likely N-dealkylation sites (tertiary alicyclic amines) is 1. The number of rotatable bonds is 4. The lowest BCUT2D eigenvalue weighted by Crippen LogP contribution is -2.46. The Hall–Kier alpha value is -0.900. The van der Waals surface area contributed by atoms with E-state index in [-0.39, 0.29) is 0 Å². The van der Waals surface area contributed by atoms with E-state index in [0.29, 0.717) is 12.6 Å². The summed E-state index contributed by atoms with van der Waals surface area (Å²) in [6.45, 7) is 7.17. The third-order valence-corrected chi connectivity index (χ3v) is 4.48. The highest BCUT2D eigenvalue weighted by Crippen LogP contribution is 2.22. The van der Waals surface area contributed by atoms with E-state index in [2.05, 4.69) is 55.9 Å². The fourth-order valence-corrected chi connectivity index (χ4v) is 3.14. The molecule has 112 valence electrons. The second kappa shape index (κ2) is 6.70. The van der Waals surface area contributed by atoms with Crippen LogP contribution in [0.25, 0.3) is 0 Å². The molecule has 0 amide bonds. The van der Waals surface area contributed by atoms with Gasteiger partial charge in [0.25, 0.3) is 0 Å². The Morgan fingerprint density at radius 2 is 2.15 bits per heavy atom. The van der Waals surface area contributed by atoms with Gasteiger partial charge in [-0.15, -0.1) is 0 Å². The van der Waals surface area contributed by atoms with Crippen molar-refractivity contribution in [1.29, 1.82) is 0 Å². The van der Waals surface area contributed by atoms with Crippen LogP contribution in [0.2, 0.25) is 0 Å². The number of piperidine rings is 1. The Bertz CT molecular complexity index is 447. The van der Waals surface area contributed by atoms with Gasteiger partial charge in [-0.1, -0.05) is 23.8 Å². The van der Waals surface area contributed by atoms with Crippen LogP contribution in [0, 0.1) is 13.8 Å². The van der Waals surface area contributed by atoms with Gasteiger partial charge in [-0.3, -0.25) is 4.90 Å². The molecule has 1 aliphatic rings. The maximum Gasteiger partial charge on any atom is 0.0919 e. The van der Waals surface area contributed by atoms with Crippen molar-refractivity contribution in [3.63, 3.8) is 0 Å². The molecule has 0 spiro atoms. The smallest absolute Gasteiger partial charge is 0.0919 e. The van der Waals surface area contributed by atoms with E-state index in [1.807, 2.05) is 0 Å². The zero-order chi connectivity index (χ0) is 14.7. The van der Waals surface area contributed by atoms with Gasteiger partial charge in [-0.2, -0.15) is 0 Å². The number of benzene rings is 1. The number of hydrogen-bond donors (Lipinski definition) is 1. The highest BCUT2D eigenvalue weighted by Gasteiger charge is 2.23. The number of hydrogen-bond acceptors (Lipinski definition) is 3. The SMILES string of the molecule is Cc1ccc(C)c(C(O)CN(C)C2CCCN(C)C2)c1. The molecule has 1 aliphatic heterocycles. The van der Waals surface area contributed by atoms with E-state index >= 15 is 0 Å². The van der Waals surface area contributed by atoms with Crippen LogP contribution in [0.5, 0.6) is 0 Å². The largest absolute Gasteiger partial charge is 0.387 e. The summed E-state index contributed by atoms with van der Waals surface area (Å²) in [6, 6.07) is 6.88. The summed E-state index contributed by atoms with van der Waals surface area (Å²) in [7, 11) is 4.32. The summed E-state index contributed by atoms with van der Waals surface area (Å²) in [5, 5.41) is 10.5. The number of likely N-dealkylation sites (N-methyl/N-ethyl adjacent to an activating group) is 2. The molecule has 20 heavy (non-hydrogen) atoms. The number of nitrogens with zero attached hydrogens (tertiary/aromatic N) is 2. The first-order valence-corrected chi connectivity index (χ1v) is 7.61. The number of aliphatic hydroxyl groups is 1. The molecular formula is C17H28N2O. The molecule has 1 heterocycles. The first kappa shape index (κ1) is 15.5. The molecule has 0 aliphatic carbocycles. The topological polar surface area (TPSA) is 26.7 Å². The summed E-state index contributed by atoms with van der Waals surface area (Å²) in [5.74, 6) is 0. The molecule has 0 radical (unpaired) electrons. The molecule has 1 N–H and O–H groups in total. The standard InChI is InChI=1S/C17H28N2O/c1-13-7-8-14(2)16(10-13)17(20)12-19(4)15-6-5-9-18(3)11-15/h7-8,10,15,17,20H,5-6,9,11-12H2,1-4H3. The Balaban J connectivity index is 1.99. The van der Waals surface area contributed by atoms with Crippen LogP contribution in [-0.4, -0.2) is 54.7 Å². The second-order valence-electron chi connectivity index (χ2n) is 6.37. The Labute approximate surface area is 123 Å². The van der Waals surface area contributed by atoms with Gasteiger partial charge in [0.1, 0.15) is 0 Å². The van der Waals surface area contributed by atoms with Gasteiger partial charge in [0.2, 0.25) is 0 Å². The zero-order valence-electron chi connectivity index (χ0n) is 13.3. The van der Waals surface area contributed by atoms with Crippen LogP contribution < -0.4 is 0 Å². The predicted molar refractivity (Wildman–Crippen MR) is 84.0 cm³/mol. The quantitative estimate of drug-likeness (QED) is 0.914. The van der Waals surface area contributed by atoms with Crippen LogP contribution >= 0.6 is 0 Å². The Morgan fingerprint density at radius 3 is 2.85 bits per heavy atom. The minimum atomic E-state index is -0.396. The average Bonchev–Trinajstić information content (AvgIpc) is 2.41. The van der Waals surface area contributed by atoms with Crippen molar-refractivity contribution >= 4 is 0 Å². The summed E-state index contributed by atoms with van der Waals surface area (Å²) < 4.78 is 0. The minimum absolute atomic E-state index is 0.396. The third-order valence-electron chi connectivity index (χ3n) is 4.48. The van der Waals surface area contributed by atoms with E-state index < -0.39 is 6.10 Å². The van der Waals surface area contributed by atoms with Gasteiger partial charge in [0.05, 0.1) is 6.10 Å². The van der Waals surface area contributed by atoms with Crippen molar-refractivity contribution in [1.82, 2.24) is 9.80 Å². The van der Waals surface area contributed by atoms with Gasteiger partial charge >= 0.3 is 0 Å². The van der Waals surface area contributed by atoms with Gasteiger partial charge in [-0.05, 0) is 58.5 Å². The van der Waals surface area contributed by atoms with Crippen molar-refractivity contribution in [2.75, 3.05) is 33.7 Å². The molecule has 2 unspecified atom stereocenters. The summed E-state index contributed by atoms with van der Waals surface area (Å²) >= 11 is 0. The summed E-state index contributed by atoms with van der Waals surface area (Å²) in [4.78, 5) is 4.71. The molecule has 1 fully saturated rings. The Kier molecular flexibility index (Phi) is 5.19. The molecule has 1 saturated heterocycles. The molecule has 1 aromatic carbocycles. The average molecular weight is 276 g/mol. The fraction of sp³-hybridized carbons (Fsp3) is 0.647. The molecule has 2 rings (SSSR count). The normalized spacial score (nSPS) is 22.2. The highest BCUT2D eigenvalue weighted by atomic mass is 16.3. The van der Waals surface area contributed by atoms with Gasteiger partial charge < -0.3 is 10.0 Å². The first-order chi connectivity index (χ1) is 9.47. The minimum Gasteiger partial charge on any atom is -0.387 e. The molecule has 3 heteroatoms. The van der Waals surface area contributed by atoms with Crippen molar-refractivity contribution in [3.05, 3.63) is 34.9 Å². The highest BCUT2D eigenvalue weighted by molar-refractivity contribution is 5.32. The van der Waals surface area contributed by atoms with Crippen molar-refractivity contribution in [2.45, 2.75) is 38.8 Å². The molecule has 0 saturated carbocycles. The van der Waals surface area contributed by atoms with E-state index in [1.165, 1.54) is 30.5 Å². The third kappa shape index (κ3) is 3.81. The lowest BCUT2D eigenvalue weighted by Gasteiger charge is -2.36. The van der Waals surface area contributed by atoms with Crippen molar-refractivity contribution in [3.8, 4) is 0 Å². The van der Waals surface area contributed by atoms with Crippen LogP contribution in [0.1, 0.15) is 35.6 Å². The van der Waals surface area contributed by atoms with Crippen LogP contribution in [0.15, 0.2) is 18.2 Å². The van der Waals surface area contributed by atoms with Crippen LogP contribution in [0.4, 0.5) is 0 Å². The molecule has 2 atom stereocenters. The van der Waals surface area contributed by atoms with Gasteiger partial charge in [0.15, 0.2) is 0 Å². The predicted octanol–water partition coefficient (Wildman–Crippen LogP) is 2.36. The zero-order valence-corrected chi connectivity index (χ0v) is 13.3. The first-order valence-electron chi connectivity index (χ1n) is 7.61. The molecule has 0 bridgehead atoms. The number of aryl methyl sites for hydroxylation is 2. The summed E-state index contributed by atoms with van der Waals surface area (Å²) in [5.41, 5.74) is 3.46. The van der Waals surface area contributed by atoms with Crippen molar-refractivity contribution < 1.29 is 5.11 Å². The maximum absolute atomic E-state index is 10.5. The molecule has 0 aromatic heterocycles. The number of aliphatic hydroxyl groups excluding tert-OH is 1. The fourth-order valence-electron chi connectivity index (χ4n) is 3.14. The van der Waals surface area contributed by atoms with Crippen LogP contribution in [0.3, 0.4) is 0 Å². The van der Waals surface area contributed by atoms with E-state index in [1.54, 1.807) is 0 Å². The van der Waals surface area contributed by atoms with E-state index in [0.717, 1.165) is 12.1 Å². The Morgan fingerprint density at radius 1 is 1.40 bits per heavy atom. The molecule has 3 nitrogen and oxygen atoms in total. The van der Waals surface area contributed by atoms with E-state index in [9.17, 15) is 5.11 Å². The van der Waals surface area contributed by atoms with Gasteiger partial charge in [0, 0.05) is 19.1 Å².